The number of alkyl halides is 2. The van der Waals surface area contributed by atoms with E-state index in [-0.39, 0.29) is 5.56 Å². The van der Waals surface area contributed by atoms with Crippen molar-refractivity contribution in [2.24, 2.45) is 0 Å². The number of hydrogen-bond acceptors (Lipinski definition) is 2. The molecule has 1 atom stereocenters. The first kappa shape index (κ1) is 12.9. The number of carboxylic acids is 1. The molecule has 1 rings (SSSR count). The van der Waals surface area contributed by atoms with Gasteiger partial charge < -0.3 is 10.2 Å². The second-order valence-electron chi connectivity index (χ2n) is 3.46. The first-order valence-electron chi connectivity index (χ1n) is 4.29. The molecule has 0 heterocycles. The normalized spacial score (nSPS) is 15.6. The van der Waals surface area contributed by atoms with Gasteiger partial charge in [-0.25, -0.2) is 4.79 Å². The van der Waals surface area contributed by atoms with Crippen LogP contribution >= 0.6 is 11.6 Å². The molecular formula is C10H9ClF2O3. The fraction of sp³-hybridized carbons (Fsp3) is 0.300. The summed E-state index contributed by atoms with van der Waals surface area (Å²) in [5, 5.41) is 18.3. The highest BCUT2D eigenvalue weighted by molar-refractivity contribution is 6.30. The molecule has 88 valence electrons. The highest BCUT2D eigenvalue weighted by Gasteiger charge is 2.56. The van der Waals surface area contributed by atoms with Gasteiger partial charge in [0.25, 0.3) is 0 Å². The van der Waals surface area contributed by atoms with Gasteiger partial charge in [-0.1, -0.05) is 23.7 Å². The fourth-order valence-corrected chi connectivity index (χ4v) is 1.29. The van der Waals surface area contributed by atoms with Gasteiger partial charge in [-0.05, 0) is 24.6 Å². The van der Waals surface area contributed by atoms with E-state index in [0.29, 0.717) is 5.02 Å². The molecule has 0 fully saturated rings. The van der Waals surface area contributed by atoms with Gasteiger partial charge >= 0.3 is 11.9 Å². The molecule has 3 nitrogen and oxygen atoms in total. The molecule has 0 amide bonds. The Morgan fingerprint density at radius 1 is 1.31 bits per heavy atom. The van der Waals surface area contributed by atoms with E-state index in [4.69, 9.17) is 16.7 Å². The maximum atomic E-state index is 13.2. The van der Waals surface area contributed by atoms with Gasteiger partial charge in [-0.3, -0.25) is 0 Å². The van der Waals surface area contributed by atoms with Gasteiger partial charge in [0.15, 0.2) is 5.60 Å². The van der Waals surface area contributed by atoms with Crippen LogP contribution in [0, 0.1) is 0 Å². The molecule has 0 aliphatic heterocycles. The number of hydrogen-bond donors (Lipinski definition) is 2. The summed E-state index contributed by atoms with van der Waals surface area (Å²) < 4.78 is 26.5. The predicted octanol–water partition coefficient (Wildman–Crippen LogP) is 2.27. The van der Waals surface area contributed by atoms with E-state index in [1.165, 1.54) is 12.1 Å². The number of aliphatic hydroxyl groups is 1. The van der Waals surface area contributed by atoms with Gasteiger partial charge in [0, 0.05) is 5.02 Å². The second-order valence-corrected chi connectivity index (χ2v) is 3.90. The van der Waals surface area contributed by atoms with Crippen molar-refractivity contribution in [2.45, 2.75) is 18.4 Å². The summed E-state index contributed by atoms with van der Waals surface area (Å²) in [6, 6.07) is 4.89. The minimum atomic E-state index is -4.28. The molecule has 1 aromatic rings. The summed E-state index contributed by atoms with van der Waals surface area (Å²) >= 11 is 5.55. The lowest BCUT2D eigenvalue weighted by atomic mass is 9.89. The van der Waals surface area contributed by atoms with Crippen molar-refractivity contribution in [2.75, 3.05) is 0 Å². The lowest BCUT2D eigenvalue weighted by Gasteiger charge is -2.29. The Morgan fingerprint density at radius 3 is 2.12 bits per heavy atom. The molecule has 6 heteroatoms. The van der Waals surface area contributed by atoms with Crippen molar-refractivity contribution in [1.29, 1.82) is 0 Å². The summed E-state index contributed by atoms with van der Waals surface area (Å²) in [6.07, 6.45) is 0. The van der Waals surface area contributed by atoms with Crippen molar-refractivity contribution in [3.8, 4) is 0 Å². The SMILES string of the molecule is CC(O)(c1ccc(Cl)cc1)C(F)(F)C(=O)O. The topological polar surface area (TPSA) is 57.5 Å². The van der Waals surface area contributed by atoms with E-state index in [1.54, 1.807) is 0 Å². The van der Waals surface area contributed by atoms with Crippen molar-refractivity contribution in [3.63, 3.8) is 0 Å². The Hall–Kier alpha value is -1.20. The summed E-state index contributed by atoms with van der Waals surface area (Å²) in [5.74, 6) is -6.66. The van der Waals surface area contributed by atoms with Gasteiger partial charge in [0.2, 0.25) is 0 Å². The molecule has 1 unspecified atom stereocenters. The van der Waals surface area contributed by atoms with Gasteiger partial charge in [-0.15, -0.1) is 0 Å². The summed E-state index contributed by atoms with van der Waals surface area (Å²) in [4.78, 5) is 10.4. The van der Waals surface area contributed by atoms with Crippen molar-refractivity contribution < 1.29 is 23.8 Å². The van der Waals surface area contributed by atoms with Crippen LogP contribution in [-0.2, 0) is 10.4 Å². The predicted molar refractivity (Wildman–Crippen MR) is 53.6 cm³/mol. The third-order valence-electron chi connectivity index (χ3n) is 2.29. The van der Waals surface area contributed by atoms with E-state index in [0.717, 1.165) is 19.1 Å². The number of aliphatic carboxylic acids is 1. The molecule has 0 saturated carbocycles. The maximum Gasteiger partial charge on any atom is 0.378 e. The molecule has 0 aromatic heterocycles. The Bertz CT molecular complexity index is 401. The Morgan fingerprint density at radius 2 is 1.75 bits per heavy atom. The van der Waals surface area contributed by atoms with Crippen LogP contribution < -0.4 is 0 Å². The number of rotatable bonds is 3. The number of halogens is 3. The second kappa shape index (κ2) is 3.99. The molecule has 16 heavy (non-hydrogen) atoms. The highest BCUT2D eigenvalue weighted by Crippen LogP contribution is 2.37. The van der Waals surface area contributed by atoms with Crippen molar-refractivity contribution in [1.82, 2.24) is 0 Å². The maximum absolute atomic E-state index is 13.2. The third-order valence-corrected chi connectivity index (χ3v) is 2.54. The molecule has 0 bridgehead atoms. The van der Waals surface area contributed by atoms with Crippen LogP contribution in [-0.4, -0.2) is 22.1 Å². The molecular weight excluding hydrogens is 242 g/mol. The molecule has 0 radical (unpaired) electrons. The Balaban J connectivity index is 3.20. The number of benzene rings is 1. The van der Waals surface area contributed by atoms with Crippen LogP contribution in [0.5, 0.6) is 0 Å². The average Bonchev–Trinajstić information content (AvgIpc) is 2.17. The van der Waals surface area contributed by atoms with Gasteiger partial charge in [0.05, 0.1) is 0 Å². The molecule has 0 aliphatic carbocycles. The minimum absolute atomic E-state index is 0.218. The molecule has 0 aliphatic rings. The van der Waals surface area contributed by atoms with Crippen LogP contribution in [0.15, 0.2) is 24.3 Å². The highest BCUT2D eigenvalue weighted by atomic mass is 35.5. The summed E-state index contributed by atoms with van der Waals surface area (Å²) in [7, 11) is 0. The smallest absolute Gasteiger partial charge is 0.378 e. The van der Waals surface area contributed by atoms with Crippen LogP contribution in [0.4, 0.5) is 8.78 Å². The van der Waals surface area contributed by atoms with Gasteiger partial charge in [0.1, 0.15) is 0 Å². The zero-order valence-electron chi connectivity index (χ0n) is 8.25. The lowest BCUT2D eigenvalue weighted by molar-refractivity contribution is -0.207. The van der Waals surface area contributed by atoms with Crippen LogP contribution in [0.1, 0.15) is 12.5 Å². The number of carbonyl (C=O) groups is 1. The van der Waals surface area contributed by atoms with Gasteiger partial charge in [-0.2, -0.15) is 8.78 Å². The Kier molecular flexibility index (Phi) is 3.21. The zero-order valence-corrected chi connectivity index (χ0v) is 9.00. The standard InChI is InChI=1S/C10H9ClF2O3/c1-9(16,10(12,13)8(14)15)6-2-4-7(11)5-3-6/h2-5,16H,1H3,(H,14,15). The zero-order chi connectivity index (χ0) is 12.6. The van der Waals surface area contributed by atoms with Crippen LogP contribution in [0.25, 0.3) is 0 Å². The van der Waals surface area contributed by atoms with E-state index in [2.05, 4.69) is 0 Å². The van der Waals surface area contributed by atoms with E-state index in [9.17, 15) is 18.7 Å². The first-order chi connectivity index (χ1) is 7.19. The fourth-order valence-electron chi connectivity index (χ4n) is 1.16. The summed E-state index contributed by atoms with van der Waals surface area (Å²) in [5.41, 5.74) is -3.01. The average molecular weight is 251 g/mol. The third kappa shape index (κ3) is 2.01. The molecule has 0 saturated heterocycles. The van der Waals surface area contributed by atoms with E-state index < -0.39 is 17.5 Å². The molecule has 2 N–H and O–H groups in total. The van der Waals surface area contributed by atoms with E-state index in [1.807, 2.05) is 0 Å². The van der Waals surface area contributed by atoms with E-state index >= 15 is 0 Å². The lowest BCUT2D eigenvalue weighted by Crippen LogP contribution is -2.48. The quantitative estimate of drug-likeness (QED) is 0.865. The largest absolute Gasteiger partial charge is 0.477 e. The summed E-state index contributed by atoms with van der Waals surface area (Å²) in [6.45, 7) is 0.740. The first-order valence-corrected chi connectivity index (χ1v) is 4.67. The Labute approximate surface area is 95.3 Å². The van der Waals surface area contributed by atoms with Crippen LogP contribution in [0.2, 0.25) is 5.02 Å². The molecule has 1 aromatic carbocycles. The van der Waals surface area contributed by atoms with Crippen molar-refractivity contribution >= 4 is 17.6 Å². The monoisotopic (exact) mass is 250 g/mol. The molecule has 0 spiro atoms. The van der Waals surface area contributed by atoms with Crippen molar-refractivity contribution in [3.05, 3.63) is 34.9 Å². The number of carboxylic acid groups (broad SMARTS) is 1. The minimum Gasteiger partial charge on any atom is -0.477 e. The van der Waals surface area contributed by atoms with Crippen LogP contribution in [0.3, 0.4) is 0 Å².